The highest BCUT2D eigenvalue weighted by Gasteiger charge is 2.37. The number of allylic oxidation sites excluding steroid dienone is 4. The van der Waals surface area contributed by atoms with E-state index in [2.05, 4.69) is 38.1 Å². The summed E-state index contributed by atoms with van der Waals surface area (Å²) >= 11 is 0. The summed E-state index contributed by atoms with van der Waals surface area (Å²) in [7, 11) is 0. The van der Waals surface area contributed by atoms with Crippen LogP contribution in [0.1, 0.15) is 69.4 Å². The fourth-order valence-corrected chi connectivity index (χ4v) is 5.29. The third kappa shape index (κ3) is 2.37. The highest BCUT2D eigenvalue weighted by Crippen LogP contribution is 2.52. The molecule has 2 atom stereocenters. The number of aryl methyl sites for hydroxylation is 1. The van der Waals surface area contributed by atoms with Gasteiger partial charge in [-0.15, -0.1) is 0 Å². The molecule has 0 saturated heterocycles. The second-order valence-corrected chi connectivity index (χ2v) is 7.67. The van der Waals surface area contributed by atoms with Crippen LogP contribution in [0.25, 0.3) is 5.57 Å². The Balaban J connectivity index is 1.81. The zero-order chi connectivity index (χ0) is 15.1. The Morgan fingerprint density at radius 3 is 2.77 bits per heavy atom. The first-order valence-electron chi connectivity index (χ1n) is 9.22. The number of fused-ring (bicyclic) bond motifs is 3. The van der Waals surface area contributed by atoms with Crippen molar-refractivity contribution in [3.05, 3.63) is 52.1 Å². The highest BCUT2D eigenvalue weighted by molar-refractivity contribution is 5.70. The Hall–Kier alpha value is -1.30. The Labute approximate surface area is 135 Å². The van der Waals surface area contributed by atoms with E-state index >= 15 is 0 Å². The van der Waals surface area contributed by atoms with Crippen molar-refractivity contribution in [2.45, 2.75) is 65.2 Å². The molecule has 116 valence electrons. The number of benzene rings is 1. The van der Waals surface area contributed by atoms with Gasteiger partial charge in [0.05, 0.1) is 0 Å². The summed E-state index contributed by atoms with van der Waals surface area (Å²) in [6, 6.07) is 9.13. The summed E-state index contributed by atoms with van der Waals surface area (Å²) in [6.45, 7) is 4.61. The van der Waals surface area contributed by atoms with Crippen molar-refractivity contribution in [3.8, 4) is 0 Å². The maximum Gasteiger partial charge on any atom is 0.00184 e. The summed E-state index contributed by atoms with van der Waals surface area (Å²) in [5.74, 6) is 1.64. The van der Waals surface area contributed by atoms with E-state index in [-0.39, 0.29) is 0 Å². The van der Waals surface area contributed by atoms with E-state index in [0.29, 0.717) is 0 Å². The van der Waals surface area contributed by atoms with Crippen LogP contribution >= 0.6 is 0 Å². The molecule has 0 spiro atoms. The van der Waals surface area contributed by atoms with Gasteiger partial charge >= 0.3 is 0 Å². The molecule has 0 aromatic heterocycles. The van der Waals surface area contributed by atoms with E-state index < -0.39 is 0 Å². The van der Waals surface area contributed by atoms with E-state index in [4.69, 9.17) is 0 Å². The van der Waals surface area contributed by atoms with Gasteiger partial charge in [0.1, 0.15) is 0 Å². The Morgan fingerprint density at radius 1 is 1.05 bits per heavy atom. The third-order valence-electron chi connectivity index (χ3n) is 6.29. The molecule has 0 amide bonds. The summed E-state index contributed by atoms with van der Waals surface area (Å²) < 4.78 is 0. The van der Waals surface area contributed by atoms with Crippen LogP contribution in [-0.4, -0.2) is 0 Å². The number of hydrogen-bond acceptors (Lipinski definition) is 0. The second kappa shape index (κ2) is 5.72. The molecular formula is C22H28. The van der Waals surface area contributed by atoms with Crippen molar-refractivity contribution < 1.29 is 0 Å². The van der Waals surface area contributed by atoms with Gasteiger partial charge in [-0.3, -0.25) is 0 Å². The molecule has 0 aliphatic heterocycles. The summed E-state index contributed by atoms with van der Waals surface area (Å²) in [4.78, 5) is 0. The smallest absolute Gasteiger partial charge is 0.00184 e. The monoisotopic (exact) mass is 292 g/mol. The topological polar surface area (TPSA) is 0 Å². The first kappa shape index (κ1) is 14.3. The van der Waals surface area contributed by atoms with Crippen molar-refractivity contribution in [1.82, 2.24) is 0 Å². The molecule has 1 aromatic rings. The largest absolute Gasteiger partial charge is 0.0698 e. The maximum atomic E-state index is 2.39. The lowest BCUT2D eigenvalue weighted by Crippen LogP contribution is -2.29. The SMILES string of the molecule is CC(=C1C2CCCC1C1=C(CCCC1)C2)c1cccc(C)c1. The Bertz CT molecular complexity index is 644. The molecule has 1 aromatic carbocycles. The van der Waals surface area contributed by atoms with Crippen molar-refractivity contribution in [2.24, 2.45) is 11.8 Å². The lowest BCUT2D eigenvalue weighted by atomic mass is 9.61. The van der Waals surface area contributed by atoms with Gasteiger partial charge in [0.25, 0.3) is 0 Å². The van der Waals surface area contributed by atoms with Crippen molar-refractivity contribution in [3.63, 3.8) is 0 Å². The van der Waals surface area contributed by atoms with E-state index in [1.165, 1.54) is 62.5 Å². The fourth-order valence-electron chi connectivity index (χ4n) is 5.29. The van der Waals surface area contributed by atoms with Gasteiger partial charge in [0.2, 0.25) is 0 Å². The van der Waals surface area contributed by atoms with Crippen LogP contribution in [0.4, 0.5) is 0 Å². The van der Waals surface area contributed by atoms with Gasteiger partial charge in [0.15, 0.2) is 0 Å². The zero-order valence-corrected chi connectivity index (χ0v) is 14.1. The average Bonchev–Trinajstić information content (AvgIpc) is 2.54. The highest BCUT2D eigenvalue weighted by atomic mass is 14.4. The molecular weight excluding hydrogens is 264 g/mol. The minimum Gasteiger partial charge on any atom is -0.0698 e. The van der Waals surface area contributed by atoms with Crippen LogP contribution in [0.3, 0.4) is 0 Å². The predicted octanol–water partition coefficient (Wildman–Crippen LogP) is 6.46. The normalized spacial score (nSPS) is 30.1. The molecule has 0 heteroatoms. The minimum atomic E-state index is 0.795. The third-order valence-corrected chi connectivity index (χ3v) is 6.29. The van der Waals surface area contributed by atoms with Crippen LogP contribution in [0, 0.1) is 18.8 Å². The number of rotatable bonds is 1. The standard InChI is InChI=1S/C22H28/c1-15-7-5-9-17(13-15)16(2)22-19-10-6-12-21(22)20-11-4-3-8-18(20)14-19/h5,7,9,13,19,21H,3-4,6,8,10-12,14H2,1-2H3. The molecule has 3 aliphatic rings. The molecule has 1 fully saturated rings. The maximum absolute atomic E-state index is 2.39. The van der Waals surface area contributed by atoms with Gasteiger partial charge in [0, 0.05) is 5.92 Å². The van der Waals surface area contributed by atoms with E-state index in [9.17, 15) is 0 Å². The van der Waals surface area contributed by atoms with Crippen molar-refractivity contribution >= 4 is 5.57 Å². The summed E-state index contributed by atoms with van der Waals surface area (Å²) in [5, 5.41) is 0. The lowest BCUT2D eigenvalue weighted by molar-refractivity contribution is 0.347. The Kier molecular flexibility index (Phi) is 3.72. The number of hydrogen-bond donors (Lipinski definition) is 0. The molecule has 22 heavy (non-hydrogen) atoms. The molecule has 4 rings (SSSR count). The molecule has 0 N–H and O–H groups in total. The quantitative estimate of drug-likeness (QED) is 0.521. The first-order valence-corrected chi connectivity index (χ1v) is 9.22. The molecule has 0 nitrogen and oxygen atoms in total. The molecule has 2 unspecified atom stereocenters. The van der Waals surface area contributed by atoms with Gasteiger partial charge in [-0.2, -0.15) is 0 Å². The lowest BCUT2D eigenvalue weighted by Gasteiger charge is -2.43. The molecule has 0 heterocycles. The minimum absolute atomic E-state index is 0.795. The summed E-state index contributed by atoms with van der Waals surface area (Å²) in [6.07, 6.45) is 11.3. The van der Waals surface area contributed by atoms with E-state index in [1.54, 1.807) is 5.57 Å². The molecule has 0 radical (unpaired) electrons. The predicted molar refractivity (Wildman–Crippen MR) is 94.7 cm³/mol. The second-order valence-electron chi connectivity index (χ2n) is 7.67. The first-order chi connectivity index (χ1) is 10.7. The van der Waals surface area contributed by atoms with Crippen LogP contribution in [0.15, 0.2) is 41.0 Å². The molecule has 3 aliphatic carbocycles. The van der Waals surface area contributed by atoms with Gasteiger partial charge in [-0.1, -0.05) is 53.0 Å². The van der Waals surface area contributed by atoms with E-state index in [1.807, 2.05) is 16.7 Å². The van der Waals surface area contributed by atoms with Crippen LogP contribution in [0.2, 0.25) is 0 Å². The van der Waals surface area contributed by atoms with E-state index in [0.717, 1.165) is 11.8 Å². The van der Waals surface area contributed by atoms with Crippen LogP contribution in [-0.2, 0) is 0 Å². The molecule has 1 saturated carbocycles. The van der Waals surface area contributed by atoms with Crippen LogP contribution in [0.5, 0.6) is 0 Å². The van der Waals surface area contributed by atoms with Gasteiger partial charge in [-0.25, -0.2) is 0 Å². The Morgan fingerprint density at radius 2 is 1.91 bits per heavy atom. The molecule has 2 bridgehead atoms. The average molecular weight is 292 g/mol. The zero-order valence-electron chi connectivity index (χ0n) is 14.1. The van der Waals surface area contributed by atoms with Crippen LogP contribution < -0.4 is 0 Å². The summed E-state index contributed by atoms with van der Waals surface area (Å²) in [5.41, 5.74) is 9.99. The fraction of sp³-hybridized carbons (Fsp3) is 0.545. The van der Waals surface area contributed by atoms with Crippen molar-refractivity contribution in [2.75, 3.05) is 0 Å². The van der Waals surface area contributed by atoms with Gasteiger partial charge < -0.3 is 0 Å². The van der Waals surface area contributed by atoms with Gasteiger partial charge in [-0.05, 0) is 75.8 Å². The van der Waals surface area contributed by atoms with Crippen molar-refractivity contribution in [1.29, 1.82) is 0 Å².